The first kappa shape index (κ1) is 25.0. The molecule has 0 spiro atoms. The van der Waals surface area contributed by atoms with Crippen LogP contribution in [0.1, 0.15) is 56.1 Å². The smallest absolute Gasteiger partial charge is 0.338 e. The summed E-state index contributed by atoms with van der Waals surface area (Å²) in [6.45, 7) is 8.31. The van der Waals surface area contributed by atoms with Crippen LogP contribution in [0.3, 0.4) is 0 Å². The maximum absolute atomic E-state index is 13.5. The monoisotopic (exact) mass is 467 g/mol. The number of rotatable bonds is 8. The molecule has 1 heterocycles. The molecule has 34 heavy (non-hydrogen) atoms. The predicted octanol–water partition coefficient (Wildman–Crippen LogP) is 5.03. The lowest BCUT2D eigenvalue weighted by Gasteiger charge is -2.35. The Bertz CT molecular complexity index is 1110. The van der Waals surface area contributed by atoms with E-state index in [1.165, 1.54) is 23.1 Å². The number of carbonyl (C=O) groups is 3. The highest BCUT2D eigenvalue weighted by atomic mass is 19.1. The number of benzene rings is 2. The lowest BCUT2D eigenvalue weighted by atomic mass is 9.94. The Balaban J connectivity index is 1.93. The van der Waals surface area contributed by atoms with Crippen LogP contribution in [-0.2, 0) is 9.53 Å². The molecule has 2 N–H and O–H groups in total. The maximum atomic E-state index is 13.5. The number of anilines is 1. The van der Waals surface area contributed by atoms with E-state index in [2.05, 4.69) is 10.6 Å². The molecular weight excluding hydrogens is 437 g/mol. The molecule has 2 aromatic rings. The Morgan fingerprint density at radius 1 is 1.18 bits per heavy atom. The van der Waals surface area contributed by atoms with Gasteiger partial charge in [-0.2, -0.15) is 0 Å². The molecule has 1 atom stereocenters. The van der Waals surface area contributed by atoms with Crippen LogP contribution in [0.5, 0.6) is 0 Å². The van der Waals surface area contributed by atoms with Crippen LogP contribution in [-0.4, -0.2) is 36.0 Å². The minimum Gasteiger partial charge on any atom is -0.462 e. The molecule has 180 valence electrons. The number of allylic oxidation sites excluding steroid dienone is 1. The topological polar surface area (TPSA) is 87.7 Å². The number of nitrogens with zero attached hydrogens (tertiary/aromatic N) is 1. The van der Waals surface area contributed by atoms with E-state index in [0.717, 1.165) is 12.5 Å². The molecule has 3 rings (SSSR count). The van der Waals surface area contributed by atoms with Crippen molar-refractivity contribution in [3.05, 3.63) is 76.7 Å². The van der Waals surface area contributed by atoms with Gasteiger partial charge in [0.05, 0.1) is 18.2 Å². The molecular formula is C26H30FN3O4. The Hall–Kier alpha value is -3.68. The van der Waals surface area contributed by atoms with E-state index in [4.69, 9.17) is 4.74 Å². The fourth-order valence-corrected chi connectivity index (χ4v) is 3.74. The van der Waals surface area contributed by atoms with Gasteiger partial charge in [-0.1, -0.05) is 39.0 Å². The van der Waals surface area contributed by atoms with Crippen molar-refractivity contribution in [3.8, 4) is 0 Å². The van der Waals surface area contributed by atoms with Crippen LogP contribution in [0, 0.1) is 11.7 Å². The van der Waals surface area contributed by atoms with Crippen LogP contribution in [0.2, 0.25) is 0 Å². The van der Waals surface area contributed by atoms with Gasteiger partial charge in [0, 0.05) is 23.5 Å². The highest BCUT2D eigenvalue weighted by Crippen LogP contribution is 2.32. The molecule has 8 heteroatoms. The first-order valence-corrected chi connectivity index (χ1v) is 11.3. The van der Waals surface area contributed by atoms with E-state index in [0.29, 0.717) is 29.1 Å². The predicted molar refractivity (Wildman–Crippen MR) is 128 cm³/mol. The number of carbonyl (C=O) groups excluding carboxylic acids is 3. The second-order valence-corrected chi connectivity index (χ2v) is 8.62. The number of urea groups is 1. The number of hydrogen-bond acceptors (Lipinski definition) is 4. The van der Waals surface area contributed by atoms with Gasteiger partial charge in [0.1, 0.15) is 5.82 Å². The molecule has 0 saturated heterocycles. The van der Waals surface area contributed by atoms with Gasteiger partial charge in [-0.3, -0.25) is 9.69 Å². The van der Waals surface area contributed by atoms with Crippen LogP contribution in [0.25, 0.3) is 0 Å². The van der Waals surface area contributed by atoms with Gasteiger partial charge in [-0.05, 0) is 55.2 Å². The molecule has 0 fully saturated rings. The SMILES string of the molecule is CCCN1C(=O)NC(c2cccc(NC(=O)c3cccc(F)c3)c2)C(C(=O)OCC(C)C)=C1C. The van der Waals surface area contributed by atoms with Crippen molar-refractivity contribution < 1.29 is 23.5 Å². The van der Waals surface area contributed by atoms with Gasteiger partial charge in [0.25, 0.3) is 5.91 Å². The Morgan fingerprint density at radius 3 is 2.59 bits per heavy atom. The fraction of sp³-hybridized carbons (Fsp3) is 0.346. The summed E-state index contributed by atoms with van der Waals surface area (Å²) in [6.07, 6.45) is 0.728. The molecule has 1 aliphatic rings. The number of ether oxygens (including phenoxy) is 1. The quantitative estimate of drug-likeness (QED) is 0.533. The second kappa shape index (κ2) is 11.0. The number of nitrogens with one attached hydrogen (secondary N) is 2. The maximum Gasteiger partial charge on any atom is 0.338 e. The average Bonchev–Trinajstić information content (AvgIpc) is 2.80. The Kier molecular flexibility index (Phi) is 8.04. The van der Waals surface area contributed by atoms with Gasteiger partial charge in [0.2, 0.25) is 0 Å². The van der Waals surface area contributed by atoms with E-state index >= 15 is 0 Å². The second-order valence-electron chi connectivity index (χ2n) is 8.62. The third kappa shape index (κ3) is 5.81. The third-order valence-electron chi connectivity index (χ3n) is 5.38. The Morgan fingerprint density at radius 2 is 1.91 bits per heavy atom. The van der Waals surface area contributed by atoms with Crippen molar-refractivity contribution in [2.75, 3.05) is 18.5 Å². The normalized spacial score (nSPS) is 15.9. The minimum atomic E-state index is -0.744. The standard InChI is InChI=1S/C26H30FN3O4/c1-5-12-30-17(4)22(25(32)34-15-16(2)3)23(29-26(30)33)18-8-7-11-21(14-18)28-24(31)19-9-6-10-20(27)13-19/h6-11,13-14,16,23H,5,12,15H2,1-4H3,(H,28,31)(H,29,33). The zero-order valence-corrected chi connectivity index (χ0v) is 19.9. The van der Waals surface area contributed by atoms with E-state index in [1.54, 1.807) is 31.2 Å². The zero-order chi connectivity index (χ0) is 24.8. The highest BCUT2D eigenvalue weighted by Gasteiger charge is 2.36. The van der Waals surface area contributed by atoms with E-state index < -0.39 is 23.7 Å². The molecule has 1 unspecified atom stereocenters. The highest BCUT2D eigenvalue weighted by molar-refractivity contribution is 6.04. The average molecular weight is 468 g/mol. The van der Waals surface area contributed by atoms with Crippen LogP contribution < -0.4 is 10.6 Å². The number of amides is 3. The molecule has 2 aromatic carbocycles. The van der Waals surface area contributed by atoms with Crippen molar-refractivity contribution in [2.24, 2.45) is 5.92 Å². The Labute approximate surface area is 199 Å². The van der Waals surface area contributed by atoms with Gasteiger partial charge >= 0.3 is 12.0 Å². The lowest BCUT2D eigenvalue weighted by molar-refractivity contribution is -0.140. The lowest BCUT2D eigenvalue weighted by Crippen LogP contribution is -2.48. The summed E-state index contributed by atoms with van der Waals surface area (Å²) in [6, 6.07) is 11.2. The molecule has 0 radical (unpaired) electrons. The molecule has 7 nitrogen and oxygen atoms in total. The number of halogens is 1. The van der Waals surface area contributed by atoms with Crippen molar-refractivity contribution in [3.63, 3.8) is 0 Å². The summed E-state index contributed by atoms with van der Waals surface area (Å²) in [5.74, 6) is -1.31. The minimum absolute atomic E-state index is 0.162. The summed E-state index contributed by atoms with van der Waals surface area (Å²) < 4.78 is 19.0. The summed E-state index contributed by atoms with van der Waals surface area (Å²) in [7, 11) is 0. The first-order chi connectivity index (χ1) is 16.2. The molecule has 3 amide bonds. The summed E-state index contributed by atoms with van der Waals surface area (Å²) in [5.41, 5.74) is 2.13. The summed E-state index contributed by atoms with van der Waals surface area (Å²) in [5, 5.41) is 5.64. The van der Waals surface area contributed by atoms with Crippen molar-refractivity contribution in [1.82, 2.24) is 10.2 Å². The molecule has 0 bridgehead atoms. The summed E-state index contributed by atoms with van der Waals surface area (Å²) in [4.78, 5) is 40.0. The molecule has 1 aliphatic heterocycles. The van der Waals surface area contributed by atoms with Gasteiger partial charge in [-0.25, -0.2) is 14.0 Å². The molecule has 0 aliphatic carbocycles. The first-order valence-electron chi connectivity index (χ1n) is 11.3. The van der Waals surface area contributed by atoms with Crippen LogP contribution in [0.4, 0.5) is 14.9 Å². The van der Waals surface area contributed by atoms with Crippen molar-refractivity contribution in [1.29, 1.82) is 0 Å². The number of hydrogen-bond donors (Lipinski definition) is 2. The van der Waals surface area contributed by atoms with E-state index in [-0.39, 0.29) is 24.1 Å². The summed E-state index contributed by atoms with van der Waals surface area (Å²) >= 11 is 0. The van der Waals surface area contributed by atoms with E-state index in [1.807, 2.05) is 20.8 Å². The van der Waals surface area contributed by atoms with Crippen molar-refractivity contribution >= 4 is 23.6 Å². The largest absolute Gasteiger partial charge is 0.462 e. The van der Waals surface area contributed by atoms with Gasteiger partial charge < -0.3 is 15.4 Å². The number of esters is 1. The van der Waals surface area contributed by atoms with Crippen molar-refractivity contribution in [2.45, 2.75) is 40.2 Å². The van der Waals surface area contributed by atoms with Gasteiger partial charge in [0.15, 0.2) is 0 Å². The fourth-order valence-electron chi connectivity index (χ4n) is 3.74. The zero-order valence-electron chi connectivity index (χ0n) is 19.9. The third-order valence-corrected chi connectivity index (χ3v) is 5.38. The van der Waals surface area contributed by atoms with Crippen LogP contribution >= 0.6 is 0 Å². The molecule has 0 aromatic heterocycles. The van der Waals surface area contributed by atoms with Crippen LogP contribution in [0.15, 0.2) is 59.8 Å². The van der Waals surface area contributed by atoms with E-state index in [9.17, 15) is 18.8 Å². The molecule has 0 saturated carbocycles. The van der Waals surface area contributed by atoms with Gasteiger partial charge in [-0.15, -0.1) is 0 Å².